The number of halogens is 9. The molecule has 98 valence electrons. The molecular weight excluding hydrogens is 263 g/mol. The largest absolute Gasteiger partial charge is 0.525 e. The summed E-state index contributed by atoms with van der Waals surface area (Å²) in [4.78, 5) is 0. The van der Waals surface area contributed by atoms with Crippen LogP contribution in [-0.4, -0.2) is 31.6 Å². The highest BCUT2D eigenvalue weighted by Crippen LogP contribution is 2.31. The molecular formula is C5H3F9O2. The van der Waals surface area contributed by atoms with Gasteiger partial charge in [0.05, 0.1) is 0 Å². The third-order valence-electron chi connectivity index (χ3n) is 0.930. The van der Waals surface area contributed by atoms with Crippen LogP contribution < -0.4 is 0 Å². The molecule has 0 rings (SSSR count). The quantitative estimate of drug-likeness (QED) is 0.728. The molecule has 16 heavy (non-hydrogen) atoms. The van der Waals surface area contributed by atoms with Crippen LogP contribution in [0.4, 0.5) is 39.5 Å². The fourth-order valence-electron chi connectivity index (χ4n) is 0.429. The summed E-state index contributed by atoms with van der Waals surface area (Å²) in [6, 6.07) is 0. The van der Waals surface area contributed by atoms with Gasteiger partial charge in [0.15, 0.2) is 0 Å². The molecule has 0 fully saturated rings. The summed E-state index contributed by atoms with van der Waals surface area (Å²) >= 11 is 0. The second-order valence-corrected chi connectivity index (χ2v) is 2.35. The van der Waals surface area contributed by atoms with E-state index < -0.39 is 31.6 Å². The Bertz CT molecular complexity index is 219. The van der Waals surface area contributed by atoms with Crippen molar-refractivity contribution in [1.29, 1.82) is 0 Å². The summed E-state index contributed by atoms with van der Waals surface area (Å²) in [5, 5.41) is 0. The van der Waals surface area contributed by atoms with Crippen LogP contribution in [0.15, 0.2) is 0 Å². The minimum absolute atomic E-state index is 2.16. The maximum Gasteiger partial charge on any atom is 0.525 e. The van der Waals surface area contributed by atoms with Crippen molar-refractivity contribution in [3.8, 4) is 0 Å². The Morgan fingerprint density at radius 2 is 1.31 bits per heavy atom. The highest BCUT2D eigenvalue weighted by molar-refractivity contribution is 4.60. The number of alkyl halides is 9. The smallest absolute Gasteiger partial charge is 0.307 e. The number of ether oxygens (including phenoxy) is 2. The van der Waals surface area contributed by atoms with Gasteiger partial charge in [-0.3, -0.25) is 0 Å². The van der Waals surface area contributed by atoms with Crippen molar-refractivity contribution in [2.45, 2.75) is 25.0 Å². The summed E-state index contributed by atoms with van der Waals surface area (Å²) in [7, 11) is 0. The molecule has 0 aliphatic heterocycles. The minimum Gasteiger partial charge on any atom is -0.307 e. The van der Waals surface area contributed by atoms with Gasteiger partial charge in [0.2, 0.25) is 0 Å². The molecule has 0 radical (unpaired) electrons. The Hall–Kier alpha value is -0.710. The summed E-state index contributed by atoms with van der Waals surface area (Å²) in [6.45, 7) is -2.61. The molecule has 0 bridgehead atoms. The van der Waals surface area contributed by atoms with Gasteiger partial charge in [-0.25, -0.2) is 9.13 Å². The van der Waals surface area contributed by atoms with Crippen molar-refractivity contribution in [2.24, 2.45) is 0 Å². The topological polar surface area (TPSA) is 18.5 Å². The van der Waals surface area contributed by atoms with Crippen molar-refractivity contribution in [3.05, 3.63) is 0 Å². The molecule has 0 saturated heterocycles. The van der Waals surface area contributed by atoms with E-state index in [-0.39, 0.29) is 0 Å². The van der Waals surface area contributed by atoms with E-state index in [9.17, 15) is 39.5 Å². The van der Waals surface area contributed by atoms with Crippen LogP contribution in [0, 0.1) is 0 Å². The fourth-order valence-corrected chi connectivity index (χ4v) is 0.429. The Morgan fingerprint density at radius 1 is 0.875 bits per heavy atom. The molecule has 0 aromatic rings. The lowest BCUT2D eigenvalue weighted by atomic mass is 10.6. The van der Waals surface area contributed by atoms with Crippen LogP contribution in [-0.2, 0) is 9.47 Å². The predicted molar refractivity (Wildman–Crippen MR) is 29.0 cm³/mol. The zero-order chi connectivity index (χ0) is 13.2. The third kappa shape index (κ3) is 6.71. The standard InChI is InChI=1S/C5H3F9O2/c6-2(16-5(12,13)14)4(10,11)15-1-3(7,8)9/h2H,1H2. The van der Waals surface area contributed by atoms with E-state index in [1.54, 1.807) is 0 Å². The molecule has 1 atom stereocenters. The van der Waals surface area contributed by atoms with E-state index >= 15 is 0 Å². The normalized spacial score (nSPS) is 16.3. The van der Waals surface area contributed by atoms with Crippen molar-refractivity contribution in [1.82, 2.24) is 0 Å². The zero-order valence-corrected chi connectivity index (χ0v) is 7.00. The third-order valence-corrected chi connectivity index (χ3v) is 0.930. The van der Waals surface area contributed by atoms with Gasteiger partial charge < -0.3 is 4.74 Å². The van der Waals surface area contributed by atoms with Crippen molar-refractivity contribution in [3.63, 3.8) is 0 Å². The lowest BCUT2D eigenvalue weighted by molar-refractivity contribution is -0.429. The van der Waals surface area contributed by atoms with Crippen molar-refractivity contribution >= 4 is 0 Å². The van der Waals surface area contributed by atoms with Gasteiger partial charge in [-0.05, 0) is 0 Å². The van der Waals surface area contributed by atoms with E-state index in [1.165, 1.54) is 0 Å². The second-order valence-electron chi connectivity index (χ2n) is 2.35. The van der Waals surface area contributed by atoms with Crippen LogP contribution in [0.3, 0.4) is 0 Å². The molecule has 0 N–H and O–H groups in total. The first-order chi connectivity index (χ1) is 6.83. The molecule has 11 heteroatoms. The molecule has 0 aromatic heterocycles. The fraction of sp³-hybridized carbons (Fsp3) is 1.00. The molecule has 0 heterocycles. The maximum atomic E-state index is 12.2. The van der Waals surface area contributed by atoms with Crippen LogP contribution in [0.5, 0.6) is 0 Å². The first-order valence-electron chi connectivity index (χ1n) is 3.30. The molecule has 0 spiro atoms. The highest BCUT2D eigenvalue weighted by atomic mass is 19.4. The van der Waals surface area contributed by atoms with Crippen LogP contribution in [0.25, 0.3) is 0 Å². The van der Waals surface area contributed by atoms with E-state index in [0.29, 0.717) is 0 Å². The summed E-state index contributed by atoms with van der Waals surface area (Å²) < 4.78 is 109. The van der Waals surface area contributed by atoms with Crippen LogP contribution >= 0.6 is 0 Å². The van der Waals surface area contributed by atoms with Crippen LogP contribution in [0.1, 0.15) is 0 Å². The molecule has 0 aliphatic rings. The average Bonchev–Trinajstić information content (AvgIpc) is 1.96. The van der Waals surface area contributed by atoms with Gasteiger partial charge in [0.1, 0.15) is 6.61 Å². The molecule has 0 aromatic carbocycles. The SMILES string of the molecule is FC(OC(F)(F)F)C(F)(F)OCC(F)(F)F. The van der Waals surface area contributed by atoms with Gasteiger partial charge in [0, 0.05) is 0 Å². The molecule has 2 nitrogen and oxygen atoms in total. The monoisotopic (exact) mass is 266 g/mol. The summed E-state index contributed by atoms with van der Waals surface area (Å²) in [5.74, 6) is 0. The van der Waals surface area contributed by atoms with Gasteiger partial charge in [0.25, 0.3) is 6.36 Å². The summed E-state index contributed by atoms with van der Waals surface area (Å²) in [6.07, 6.45) is -20.7. The van der Waals surface area contributed by atoms with E-state index in [1.807, 2.05) is 0 Å². The van der Waals surface area contributed by atoms with Crippen LogP contribution in [0.2, 0.25) is 0 Å². The molecule has 0 amide bonds. The van der Waals surface area contributed by atoms with Gasteiger partial charge in [-0.15, -0.1) is 13.2 Å². The minimum atomic E-state index is -5.76. The van der Waals surface area contributed by atoms with Crippen molar-refractivity contribution in [2.75, 3.05) is 6.61 Å². The Labute approximate surface area is 81.9 Å². The molecule has 0 saturated carbocycles. The first-order valence-corrected chi connectivity index (χ1v) is 3.30. The number of rotatable bonds is 4. The average molecular weight is 266 g/mol. The lowest BCUT2D eigenvalue weighted by Crippen LogP contribution is -2.40. The van der Waals surface area contributed by atoms with Crippen molar-refractivity contribution < 1.29 is 49.0 Å². The van der Waals surface area contributed by atoms with Gasteiger partial charge >= 0.3 is 18.6 Å². The number of hydrogen-bond acceptors (Lipinski definition) is 2. The predicted octanol–water partition coefficient (Wildman–Crippen LogP) is 2.99. The highest BCUT2D eigenvalue weighted by Gasteiger charge is 2.51. The van der Waals surface area contributed by atoms with E-state index in [2.05, 4.69) is 9.47 Å². The maximum absolute atomic E-state index is 12.2. The Kier molecular flexibility index (Phi) is 4.45. The lowest BCUT2D eigenvalue weighted by Gasteiger charge is -2.21. The molecule has 0 aliphatic carbocycles. The second kappa shape index (κ2) is 4.65. The molecule has 1 unspecified atom stereocenters. The van der Waals surface area contributed by atoms with Gasteiger partial charge in [-0.2, -0.15) is 22.0 Å². The first kappa shape index (κ1) is 15.3. The Morgan fingerprint density at radius 3 is 1.62 bits per heavy atom. The zero-order valence-electron chi connectivity index (χ0n) is 7.00. The number of hydrogen-bond donors (Lipinski definition) is 0. The van der Waals surface area contributed by atoms with E-state index in [4.69, 9.17) is 0 Å². The summed E-state index contributed by atoms with van der Waals surface area (Å²) in [5.41, 5.74) is 0. The van der Waals surface area contributed by atoms with Gasteiger partial charge in [-0.1, -0.05) is 0 Å². The van der Waals surface area contributed by atoms with E-state index in [0.717, 1.165) is 0 Å². The Balaban J connectivity index is 4.32.